The molecule has 107 valence electrons. The molecule has 0 atom stereocenters. The summed E-state index contributed by atoms with van der Waals surface area (Å²) in [4.78, 5) is 2.39. The van der Waals surface area contributed by atoms with Crippen LogP contribution in [0.2, 0.25) is 0 Å². The second kappa shape index (κ2) is 8.07. The number of nitrogens with zero attached hydrogens (tertiary/aromatic N) is 1. The van der Waals surface area contributed by atoms with Gasteiger partial charge in [0.25, 0.3) is 0 Å². The maximum Gasteiger partial charge on any atom is 0.0321 e. The number of piperidine rings is 1. The Labute approximate surface area is 152 Å². The van der Waals surface area contributed by atoms with E-state index in [1.54, 1.807) is 0 Å². The van der Waals surface area contributed by atoms with E-state index in [1.165, 1.54) is 5.56 Å². The summed E-state index contributed by atoms with van der Waals surface area (Å²) in [5, 5.41) is 3.43. The number of rotatable bonds is 3. The number of nitrogens with one attached hydrogen (secondary N) is 1. The van der Waals surface area contributed by atoms with Crippen LogP contribution in [0.25, 0.3) is 0 Å². The molecule has 0 unspecified atom stereocenters. The van der Waals surface area contributed by atoms with Gasteiger partial charge in [0.2, 0.25) is 0 Å². The Kier molecular flexibility index (Phi) is 6.41. The number of aryl methyl sites for hydroxylation is 1. The summed E-state index contributed by atoms with van der Waals surface area (Å²) in [7, 11) is 0. The molecule has 0 spiro atoms. The second-order valence-corrected chi connectivity index (χ2v) is 5.35. The number of benzene rings is 2. The molecule has 1 aliphatic heterocycles. The quantitative estimate of drug-likeness (QED) is 0.850. The third-order valence-electron chi connectivity index (χ3n) is 3.84. The van der Waals surface area contributed by atoms with Crippen molar-refractivity contribution in [3.63, 3.8) is 0 Å². The van der Waals surface area contributed by atoms with Crippen molar-refractivity contribution in [1.82, 2.24) is 5.32 Å². The zero-order chi connectivity index (χ0) is 13.8. The van der Waals surface area contributed by atoms with E-state index in [2.05, 4.69) is 59.6 Å². The maximum absolute atomic E-state index is 3.43. The van der Waals surface area contributed by atoms with E-state index in [4.69, 9.17) is 0 Å². The van der Waals surface area contributed by atoms with Crippen LogP contribution in [0, 0.1) is 19.1 Å². The van der Waals surface area contributed by atoms with Crippen molar-refractivity contribution in [1.29, 1.82) is 0 Å². The van der Waals surface area contributed by atoms with Crippen LogP contribution in [0.5, 0.6) is 0 Å². The molecule has 1 N–H and O–H groups in total. The molecular formula is C18H20N2Y-2. The first-order chi connectivity index (χ1) is 9.84. The van der Waals surface area contributed by atoms with Gasteiger partial charge in [-0.05, 0) is 25.9 Å². The van der Waals surface area contributed by atoms with Crippen LogP contribution >= 0.6 is 0 Å². The minimum absolute atomic E-state index is 0. The molecule has 0 aliphatic carbocycles. The molecular weight excluding hydrogens is 333 g/mol. The third kappa shape index (κ3) is 4.15. The largest absolute Gasteiger partial charge is 0.385 e. The topological polar surface area (TPSA) is 15.3 Å². The van der Waals surface area contributed by atoms with Crippen LogP contribution in [0.15, 0.2) is 42.5 Å². The zero-order valence-corrected chi connectivity index (χ0v) is 15.3. The molecule has 2 aromatic carbocycles. The molecule has 1 radical (unpaired) electrons. The number of para-hydroxylation sites is 1. The molecule has 1 aliphatic rings. The predicted octanol–water partition coefficient (Wildman–Crippen LogP) is 3.48. The van der Waals surface area contributed by atoms with Crippen molar-refractivity contribution in [2.24, 2.45) is 0 Å². The Bertz CT molecular complexity index is 533. The van der Waals surface area contributed by atoms with Crippen molar-refractivity contribution in [2.45, 2.75) is 25.8 Å². The minimum atomic E-state index is 0. The van der Waals surface area contributed by atoms with Gasteiger partial charge >= 0.3 is 0 Å². The van der Waals surface area contributed by atoms with Gasteiger partial charge in [-0.15, -0.1) is 12.1 Å². The van der Waals surface area contributed by atoms with E-state index in [-0.39, 0.29) is 32.7 Å². The van der Waals surface area contributed by atoms with Crippen molar-refractivity contribution >= 4 is 11.4 Å². The molecule has 3 heteroatoms. The van der Waals surface area contributed by atoms with Crippen molar-refractivity contribution in [3.05, 3.63) is 60.2 Å². The summed E-state index contributed by atoms with van der Waals surface area (Å²) in [6.45, 7) is 4.27. The van der Waals surface area contributed by atoms with Crippen molar-refractivity contribution < 1.29 is 32.7 Å². The van der Waals surface area contributed by atoms with Gasteiger partial charge in [0.1, 0.15) is 0 Å². The number of anilines is 2. The standard InChI is InChI=1S/C18H20N2.Y/c1-15-7-9-17(10-8-15)20(16-5-3-2-4-6-16)18-11-13-19-14-12-18;/h2-5,7-9,18-19H,11-14H2,1H3;/q-2;. The van der Waals surface area contributed by atoms with Crippen LogP contribution in [-0.2, 0) is 32.7 Å². The molecule has 3 rings (SSSR count). The van der Waals surface area contributed by atoms with Gasteiger partial charge in [-0.2, -0.15) is 48.0 Å². The fourth-order valence-electron chi connectivity index (χ4n) is 2.77. The minimum Gasteiger partial charge on any atom is -0.385 e. The Balaban J connectivity index is 0.00000161. The summed E-state index contributed by atoms with van der Waals surface area (Å²) in [6, 6.07) is 21.9. The van der Waals surface area contributed by atoms with Crippen molar-refractivity contribution in [3.8, 4) is 0 Å². The van der Waals surface area contributed by atoms with Crippen LogP contribution in [0.1, 0.15) is 18.4 Å². The molecule has 2 nitrogen and oxygen atoms in total. The summed E-state index contributed by atoms with van der Waals surface area (Å²) in [5.74, 6) is 0. The predicted molar refractivity (Wildman–Crippen MR) is 83.3 cm³/mol. The fourth-order valence-corrected chi connectivity index (χ4v) is 2.77. The Morgan fingerprint density at radius 1 is 1.05 bits per heavy atom. The summed E-state index contributed by atoms with van der Waals surface area (Å²) < 4.78 is 0. The van der Waals surface area contributed by atoms with Gasteiger partial charge < -0.3 is 10.2 Å². The fraction of sp³-hybridized carbons (Fsp3) is 0.333. The smallest absolute Gasteiger partial charge is 0.0321 e. The summed E-state index contributed by atoms with van der Waals surface area (Å²) in [6.07, 6.45) is 2.31. The van der Waals surface area contributed by atoms with E-state index in [1.807, 2.05) is 12.1 Å². The number of hydrogen-bond acceptors (Lipinski definition) is 2. The van der Waals surface area contributed by atoms with Gasteiger partial charge in [0.15, 0.2) is 0 Å². The van der Waals surface area contributed by atoms with E-state index >= 15 is 0 Å². The number of hydrogen-bond donors (Lipinski definition) is 1. The van der Waals surface area contributed by atoms with Crippen LogP contribution in [0.3, 0.4) is 0 Å². The molecule has 1 heterocycles. The van der Waals surface area contributed by atoms with Gasteiger partial charge in [-0.1, -0.05) is 18.3 Å². The summed E-state index contributed by atoms with van der Waals surface area (Å²) in [5.41, 5.74) is 3.53. The Hall–Kier alpha value is -0.696. The van der Waals surface area contributed by atoms with Crippen LogP contribution < -0.4 is 10.2 Å². The third-order valence-corrected chi connectivity index (χ3v) is 3.84. The van der Waals surface area contributed by atoms with Gasteiger partial charge in [-0.25, -0.2) is 0 Å². The van der Waals surface area contributed by atoms with Gasteiger partial charge in [0, 0.05) is 38.8 Å². The molecule has 0 saturated carbocycles. The first-order valence-electron chi connectivity index (χ1n) is 7.29. The first-order valence-corrected chi connectivity index (χ1v) is 7.29. The summed E-state index contributed by atoms with van der Waals surface area (Å²) >= 11 is 0. The first kappa shape index (κ1) is 16.7. The average molecular weight is 353 g/mol. The molecule has 21 heavy (non-hydrogen) atoms. The molecule has 1 saturated heterocycles. The molecule has 0 amide bonds. The van der Waals surface area contributed by atoms with E-state index in [0.717, 1.165) is 37.3 Å². The zero-order valence-electron chi connectivity index (χ0n) is 12.5. The van der Waals surface area contributed by atoms with E-state index < -0.39 is 0 Å². The maximum atomic E-state index is 3.43. The Morgan fingerprint density at radius 2 is 1.81 bits per heavy atom. The monoisotopic (exact) mass is 353 g/mol. The second-order valence-electron chi connectivity index (χ2n) is 5.35. The SMILES string of the molecule is Cc1c[c-]c(N(c2[c-]cccc2)C2CCNCC2)cc1.[Y]. The van der Waals surface area contributed by atoms with Gasteiger partial charge in [0.05, 0.1) is 0 Å². The van der Waals surface area contributed by atoms with Crippen LogP contribution in [0.4, 0.5) is 11.4 Å². The molecule has 0 aromatic heterocycles. The van der Waals surface area contributed by atoms with E-state index in [9.17, 15) is 0 Å². The van der Waals surface area contributed by atoms with Crippen LogP contribution in [-0.4, -0.2) is 19.1 Å². The molecule has 2 aromatic rings. The van der Waals surface area contributed by atoms with Gasteiger partial charge in [-0.3, -0.25) is 0 Å². The normalized spacial score (nSPS) is 15.3. The molecule has 1 fully saturated rings. The average Bonchev–Trinajstić information content (AvgIpc) is 2.52. The van der Waals surface area contributed by atoms with Crippen molar-refractivity contribution in [2.75, 3.05) is 18.0 Å². The van der Waals surface area contributed by atoms with E-state index in [0.29, 0.717) is 6.04 Å². The Morgan fingerprint density at radius 3 is 2.43 bits per heavy atom. The molecule has 0 bridgehead atoms.